The van der Waals surface area contributed by atoms with E-state index < -0.39 is 6.09 Å². The second-order valence-electron chi connectivity index (χ2n) is 3.51. The molecule has 0 aliphatic rings. The zero-order valence-corrected chi connectivity index (χ0v) is 9.78. The first-order chi connectivity index (χ1) is 8.72. The van der Waals surface area contributed by atoms with Crippen LogP contribution in [-0.4, -0.2) is 23.3 Å². The molecule has 0 unspecified atom stereocenters. The lowest BCUT2D eigenvalue weighted by Crippen LogP contribution is -2.23. The van der Waals surface area contributed by atoms with Gasteiger partial charge in [0.25, 0.3) is 0 Å². The second kappa shape index (κ2) is 5.18. The van der Waals surface area contributed by atoms with E-state index in [1.54, 1.807) is 36.4 Å². The van der Waals surface area contributed by atoms with Crippen LogP contribution in [0.4, 0.5) is 16.2 Å². The van der Waals surface area contributed by atoms with E-state index in [1.165, 1.54) is 13.3 Å². The molecule has 5 nitrogen and oxygen atoms in total. The first-order valence-corrected chi connectivity index (χ1v) is 5.30. The van der Waals surface area contributed by atoms with Crippen LogP contribution in [0.15, 0.2) is 48.7 Å². The maximum Gasteiger partial charge on any atom is 0.416 e. The summed E-state index contributed by atoms with van der Waals surface area (Å²) in [6, 6.07) is 12.1. The molecule has 0 aliphatic heterocycles. The summed E-state index contributed by atoms with van der Waals surface area (Å²) in [5.74, 6) is 0.442. The van der Waals surface area contributed by atoms with Crippen molar-refractivity contribution in [3.05, 3.63) is 48.7 Å². The number of benzene rings is 1. The molecule has 0 saturated carbocycles. The van der Waals surface area contributed by atoms with Crippen molar-refractivity contribution in [3.63, 3.8) is 0 Å². The molecule has 0 saturated heterocycles. The van der Waals surface area contributed by atoms with Gasteiger partial charge in [-0.3, -0.25) is 0 Å². The first-order valence-electron chi connectivity index (χ1n) is 5.30. The minimum absolute atomic E-state index is 0.442. The average Bonchev–Trinajstić information content (AvgIpc) is 2.40. The number of hydrogen-bond acceptors (Lipinski definition) is 3. The van der Waals surface area contributed by atoms with E-state index in [9.17, 15) is 9.90 Å². The van der Waals surface area contributed by atoms with Gasteiger partial charge in [-0.2, -0.15) is 0 Å². The van der Waals surface area contributed by atoms with Gasteiger partial charge in [-0.1, -0.05) is 18.2 Å². The van der Waals surface area contributed by atoms with Gasteiger partial charge in [0.1, 0.15) is 0 Å². The molecule has 92 valence electrons. The molecule has 1 aromatic carbocycles. The van der Waals surface area contributed by atoms with Crippen LogP contribution in [0.2, 0.25) is 0 Å². The maximum atomic E-state index is 11.3. The van der Waals surface area contributed by atoms with Crippen molar-refractivity contribution in [2.24, 2.45) is 0 Å². The van der Waals surface area contributed by atoms with E-state index in [0.717, 1.165) is 4.90 Å². The van der Waals surface area contributed by atoms with Gasteiger partial charge < -0.3 is 9.84 Å². The minimum atomic E-state index is -1.06. The summed E-state index contributed by atoms with van der Waals surface area (Å²) >= 11 is 0. The Morgan fingerprint density at radius 1 is 1.17 bits per heavy atom. The summed E-state index contributed by atoms with van der Waals surface area (Å²) < 4.78 is 4.94. The Balaban J connectivity index is 2.39. The van der Waals surface area contributed by atoms with Crippen molar-refractivity contribution in [3.8, 4) is 5.88 Å². The lowest BCUT2D eigenvalue weighted by molar-refractivity contribution is 0.205. The highest BCUT2D eigenvalue weighted by Crippen LogP contribution is 2.25. The van der Waals surface area contributed by atoms with Gasteiger partial charge in [0, 0.05) is 6.07 Å². The van der Waals surface area contributed by atoms with Crippen molar-refractivity contribution in [1.29, 1.82) is 0 Å². The van der Waals surface area contributed by atoms with Crippen LogP contribution in [0, 0.1) is 0 Å². The van der Waals surface area contributed by atoms with Gasteiger partial charge in [0.2, 0.25) is 5.88 Å². The third kappa shape index (κ3) is 2.40. The number of ether oxygens (including phenoxy) is 1. The highest BCUT2D eigenvalue weighted by atomic mass is 16.5. The molecule has 1 heterocycles. The molecule has 2 rings (SSSR count). The largest absolute Gasteiger partial charge is 0.481 e. The van der Waals surface area contributed by atoms with Gasteiger partial charge in [-0.05, 0) is 18.2 Å². The van der Waals surface area contributed by atoms with E-state index in [2.05, 4.69) is 4.98 Å². The molecule has 0 radical (unpaired) electrons. The zero-order valence-electron chi connectivity index (χ0n) is 9.78. The molecule has 0 spiro atoms. The number of rotatable bonds is 3. The number of methoxy groups -OCH3 is 1. The Morgan fingerprint density at radius 3 is 2.39 bits per heavy atom. The van der Waals surface area contributed by atoms with E-state index in [4.69, 9.17) is 4.74 Å². The molecular formula is C13H12N2O3. The Bertz CT molecular complexity index is 526. The summed E-state index contributed by atoms with van der Waals surface area (Å²) in [5.41, 5.74) is 1.03. The van der Waals surface area contributed by atoms with E-state index in [1.807, 2.05) is 6.07 Å². The fourth-order valence-electron chi connectivity index (χ4n) is 1.57. The molecule has 1 aromatic heterocycles. The summed E-state index contributed by atoms with van der Waals surface area (Å²) in [5, 5.41) is 9.27. The highest BCUT2D eigenvalue weighted by Gasteiger charge is 2.16. The fraction of sp³-hybridized carbons (Fsp3) is 0.0769. The topological polar surface area (TPSA) is 62.7 Å². The van der Waals surface area contributed by atoms with Gasteiger partial charge in [0.05, 0.1) is 24.7 Å². The fourth-order valence-corrected chi connectivity index (χ4v) is 1.57. The second-order valence-corrected chi connectivity index (χ2v) is 3.51. The minimum Gasteiger partial charge on any atom is -0.481 e. The van der Waals surface area contributed by atoms with E-state index in [-0.39, 0.29) is 0 Å². The predicted molar refractivity (Wildman–Crippen MR) is 67.4 cm³/mol. The number of aromatic nitrogens is 1. The number of carboxylic acid groups (broad SMARTS) is 1. The number of pyridine rings is 1. The number of hydrogen-bond donors (Lipinski definition) is 1. The van der Waals surface area contributed by atoms with Crippen molar-refractivity contribution in [2.45, 2.75) is 0 Å². The highest BCUT2D eigenvalue weighted by molar-refractivity contribution is 5.94. The first kappa shape index (κ1) is 11.9. The van der Waals surface area contributed by atoms with Crippen molar-refractivity contribution in [1.82, 2.24) is 4.98 Å². The third-order valence-corrected chi connectivity index (χ3v) is 2.39. The van der Waals surface area contributed by atoms with Gasteiger partial charge in [0.15, 0.2) is 0 Å². The molecule has 5 heteroatoms. The van der Waals surface area contributed by atoms with Gasteiger partial charge in [-0.15, -0.1) is 0 Å². The summed E-state index contributed by atoms with van der Waals surface area (Å²) in [6.45, 7) is 0. The smallest absolute Gasteiger partial charge is 0.416 e. The normalized spacial score (nSPS) is 9.83. The Labute approximate surface area is 104 Å². The van der Waals surface area contributed by atoms with Crippen molar-refractivity contribution < 1.29 is 14.6 Å². The lowest BCUT2D eigenvalue weighted by Gasteiger charge is -2.18. The third-order valence-electron chi connectivity index (χ3n) is 2.39. The number of anilines is 2. The summed E-state index contributed by atoms with van der Waals surface area (Å²) in [4.78, 5) is 16.5. The van der Waals surface area contributed by atoms with E-state index in [0.29, 0.717) is 17.3 Å². The standard InChI is InChI=1S/C13H12N2O3/c1-18-12-8-7-11(9-14-12)15(13(16)17)10-5-3-2-4-6-10/h2-9H,1H3,(H,16,17). The summed E-state index contributed by atoms with van der Waals surface area (Å²) in [6.07, 6.45) is 0.396. The molecule has 1 N–H and O–H groups in total. The van der Waals surface area contributed by atoms with Crippen molar-refractivity contribution >= 4 is 17.5 Å². The quantitative estimate of drug-likeness (QED) is 0.901. The molecule has 0 atom stereocenters. The number of amides is 1. The molecule has 0 aliphatic carbocycles. The van der Waals surface area contributed by atoms with Crippen LogP contribution in [0.3, 0.4) is 0 Å². The van der Waals surface area contributed by atoms with Crippen LogP contribution in [0.1, 0.15) is 0 Å². The predicted octanol–water partition coefficient (Wildman–Crippen LogP) is 2.91. The number of nitrogens with zero attached hydrogens (tertiary/aromatic N) is 2. The van der Waals surface area contributed by atoms with E-state index >= 15 is 0 Å². The van der Waals surface area contributed by atoms with Crippen LogP contribution < -0.4 is 9.64 Å². The van der Waals surface area contributed by atoms with Gasteiger partial charge >= 0.3 is 6.09 Å². The number of para-hydroxylation sites is 1. The molecule has 1 amide bonds. The molecular weight excluding hydrogens is 232 g/mol. The zero-order chi connectivity index (χ0) is 13.0. The SMILES string of the molecule is COc1ccc(N(C(=O)O)c2ccccc2)cn1. The summed E-state index contributed by atoms with van der Waals surface area (Å²) in [7, 11) is 1.51. The monoisotopic (exact) mass is 244 g/mol. The average molecular weight is 244 g/mol. The molecule has 0 bridgehead atoms. The maximum absolute atomic E-state index is 11.3. The molecule has 2 aromatic rings. The Hall–Kier alpha value is -2.56. The Kier molecular flexibility index (Phi) is 3.43. The molecule has 0 fully saturated rings. The number of carbonyl (C=O) groups is 1. The van der Waals surface area contributed by atoms with Crippen LogP contribution in [-0.2, 0) is 0 Å². The van der Waals surface area contributed by atoms with Crippen LogP contribution in [0.25, 0.3) is 0 Å². The van der Waals surface area contributed by atoms with Crippen LogP contribution >= 0.6 is 0 Å². The lowest BCUT2D eigenvalue weighted by atomic mass is 10.2. The molecule has 18 heavy (non-hydrogen) atoms. The van der Waals surface area contributed by atoms with Gasteiger partial charge in [-0.25, -0.2) is 14.7 Å². The Morgan fingerprint density at radius 2 is 1.89 bits per heavy atom. The van der Waals surface area contributed by atoms with Crippen molar-refractivity contribution in [2.75, 3.05) is 12.0 Å². The van der Waals surface area contributed by atoms with Crippen LogP contribution in [0.5, 0.6) is 5.88 Å².